The summed E-state index contributed by atoms with van der Waals surface area (Å²) in [5, 5.41) is 8.98. The quantitative estimate of drug-likeness (QED) is 0.259. The van der Waals surface area contributed by atoms with E-state index in [1.54, 1.807) is 29.8 Å². The Hall–Kier alpha value is -3.66. The van der Waals surface area contributed by atoms with E-state index < -0.39 is 15.9 Å². The van der Waals surface area contributed by atoms with Gasteiger partial charge in [0, 0.05) is 5.56 Å². The van der Waals surface area contributed by atoms with Crippen LogP contribution in [-0.2, 0) is 10.0 Å². The third kappa shape index (κ3) is 5.54. The molecule has 0 aliphatic heterocycles. The van der Waals surface area contributed by atoms with Crippen LogP contribution in [0.3, 0.4) is 0 Å². The minimum absolute atomic E-state index is 0.0999. The Morgan fingerprint density at radius 2 is 1.71 bits per heavy atom. The van der Waals surface area contributed by atoms with E-state index in [9.17, 15) is 13.2 Å². The smallest absolute Gasteiger partial charge is 0.271 e. The van der Waals surface area contributed by atoms with E-state index in [1.807, 2.05) is 30.3 Å². The first kappa shape index (κ1) is 24.5. The predicted molar refractivity (Wildman–Crippen MR) is 137 cm³/mol. The van der Waals surface area contributed by atoms with Crippen molar-refractivity contribution in [2.75, 3.05) is 4.72 Å². The highest BCUT2D eigenvalue weighted by Gasteiger charge is 2.18. The van der Waals surface area contributed by atoms with Gasteiger partial charge in [-0.05, 0) is 49.4 Å². The number of para-hydroxylation sites is 2. The standard InChI is InChI=1S/C24H19Cl2N5O3S/c1-16-20(23(26)31(29-16)18-9-3-2-4-10-18)15-27-28-24(32)17-8-7-11-19(14-17)35(33,34)30-22-13-6-5-12-21(22)25/h2-15,30H,1H3,(H,28,32)/b27-15-. The summed E-state index contributed by atoms with van der Waals surface area (Å²) < 4.78 is 29.5. The molecule has 0 unspecified atom stereocenters. The van der Waals surface area contributed by atoms with Crippen LogP contribution in [0.1, 0.15) is 21.6 Å². The van der Waals surface area contributed by atoms with Crippen LogP contribution in [0.2, 0.25) is 10.2 Å². The third-order valence-corrected chi connectivity index (χ3v) is 6.99. The van der Waals surface area contributed by atoms with Gasteiger partial charge in [-0.15, -0.1) is 0 Å². The van der Waals surface area contributed by atoms with Gasteiger partial charge in [0.2, 0.25) is 0 Å². The molecule has 3 aromatic carbocycles. The lowest BCUT2D eigenvalue weighted by Gasteiger charge is -2.10. The van der Waals surface area contributed by atoms with E-state index in [1.165, 1.54) is 36.5 Å². The van der Waals surface area contributed by atoms with Crippen LogP contribution in [0.15, 0.2) is 88.9 Å². The average molecular weight is 528 g/mol. The summed E-state index contributed by atoms with van der Waals surface area (Å²) in [7, 11) is -3.97. The van der Waals surface area contributed by atoms with Gasteiger partial charge in [0.05, 0.1) is 38.8 Å². The van der Waals surface area contributed by atoms with E-state index in [0.717, 1.165) is 5.69 Å². The number of aromatic nitrogens is 2. The maximum atomic E-state index is 12.8. The molecule has 4 aromatic rings. The van der Waals surface area contributed by atoms with Crippen molar-refractivity contribution in [2.45, 2.75) is 11.8 Å². The predicted octanol–water partition coefficient (Wildman–Crippen LogP) is 5.05. The minimum atomic E-state index is -3.97. The fourth-order valence-corrected chi connectivity index (χ4v) is 4.86. The highest BCUT2D eigenvalue weighted by molar-refractivity contribution is 7.92. The summed E-state index contributed by atoms with van der Waals surface area (Å²) in [6.45, 7) is 1.77. The largest absolute Gasteiger partial charge is 0.278 e. The number of aryl methyl sites for hydroxylation is 1. The molecule has 2 N–H and O–H groups in total. The molecule has 0 spiro atoms. The van der Waals surface area contributed by atoms with Crippen molar-refractivity contribution in [1.29, 1.82) is 0 Å². The number of hydrazone groups is 1. The monoisotopic (exact) mass is 527 g/mol. The lowest BCUT2D eigenvalue weighted by molar-refractivity contribution is 0.0955. The Labute approximate surface area is 212 Å². The van der Waals surface area contributed by atoms with Gasteiger partial charge >= 0.3 is 0 Å². The first-order valence-electron chi connectivity index (χ1n) is 10.3. The summed E-state index contributed by atoms with van der Waals surface area (Å²) in [5.74, 6) is -0.597. The molecule has 8 nitrogen and oxygen atoms in total. The number of hydrogen-bond acceptors (Lipinski definition) is 5. The number of nitrogens with one attached hydrogen (secondary N) is 2. The molecule has 35 heavy (non-hydrogen) atoms. The molecule has 0 fully saturated rings. The van der Waals surface area contributed by atoms with Crippen LogP contribution in [-0.4, -0.2) is 30.3 Å². The molecular weight excluding hydrogens is 509 g/mol. The molecule has 4 rings (SSSR count). The van der Waals surface area contributed by atoms with Crippen molar-refractivity contribution in [3.63, 3.8) is 0 Å². The second-order valence-electron chi connectivity index (χ2n) is 7.35. The molecule has 1 amide bonds. The van der Waals surface area contributed by atoms with Crippen molar-refractivity contribution < 1.29 is 13.2 Å². The zero-order valence-electron chi connectivity index (χ0n) is 18.3. The summed E-state index contributed by atoms with van der Waals surface area (Å²) in [4.78, 5) is 12.5. The number of carbonyl (C=O) groups excluding carboxylic acids is 1. The molecule has 0 atom stereocenters. The first-order chi connectivity index (χ1) is 16.8. The van der Waals surface area contributed by atoms with Gasteiger partial charge in [-0.1, -0.05) is 59.6 Å². The maximum absolute atomic E-state index is 12.8. The number of halogens is 2. The van der Waals surface area contributed by atoms with Gasteiger partial charge in [0.25, 0.3) is 15.9 Å². The number of amides is 1. The first-order valence-corrected chi connectivity index (χ1v) is 12.5. The second-order valence-corrected chi connectivity index (χ2v) is 9.80. The van der Waals surface area contributed by atoms with E-state index >= 15 is 0 Å². The van der Waals surface area contributed by atoms with Gasteiger partial charge < -0.3 is 0 Å². The van der Waals surface area contributed by atoms with E-state index in [4.69, 9.17) is 23.2 Å². The topological polar surface area (TPSA) is 105 Å². The highest BCUT2D eigenvalue weighted by atomic mass is 35.5. The number of sulfonamides is 1. The lowest BCUT2D eigenvalue weighted by atomic mass is 10.2. The summed E-state index contributed by atoms with van der Waals surface area (Å²) in [6.07, 6.45) is 1.39. The van der Waals surface area contributed by atoms with Crippen LogP contribution in [0.25, 0.3) is 5.69 Å². The summed E-state index contributed by atoms with van der Waals surface area (Å²) in [6, 6.07) is 21.4. The van der Waals surface area contributed by atoms with Crippen LogP contribution >= 0.6 is 23.2 Å². The third-order valence-electron chi connectivity index (χ3n) is 4.93. The zero-order chi connectivity index (χ0) is 25.0. The Balaban J connectivity index is 1.49. The van der Waals surface area contributed by atoms with Crippen LogP contribution in [0.4, 0.5) is 5.69 Å². The number of rotatable bonds is 7. The summed E-state index contributed by atoms with van der Waals surface area (Å²) in [5.41, 5.74) is 4.67. The van der Waals surface area contributed by atoms with Gasteiger partial charge in [-0.2, -0.15) is 10.2 Å². The molecule has 0 radical (unpaired) electrons. The van der Waals surface area contributed by atoms with Gasteiger partial charge in [0.15, 0.2) is 0 Å². The molecular formula is C24H19Cl2N5O3S. The minimum Gasteiger partial charge on any atom is -0.278 e. The Bertz CT molecular complexity index is 1520. The fraction of sp³-hybridized carbons (Fsp3) is 0.0417. The molecule has 0 bridgehead atoms. The average Bonchev–Trinajstić information content (AvgIpc) is 3.14. The maximum Gasteiger partial charge on any atom is 0.271 e. The second kappa shape index (κ2) is 10.3. The van der Waals surface area contributed by atoms with E-state index in [-0.39, 0.29) is 21.2 Å². The fourth-order valence-electron chi connectivity index (χ4n) is 3.17. The molecule has 11 heteroatoms. The van der Waals surface area contributed by atoms with Crippen LogP contribution in [0.5, 0.6) is 0 Å². The molecule has 0 saturated carbocycles. The van der Waals surface area contributed by atoms with Crippen molar-refractivity contribution >= 4 is 51.0 Å². The Morgan fingerprint density at radius 1 is 1.00 bits per heavy atom. The van der Waals surface area contributed by atoms with Gasteiger partial charge in [0.1, 0.15) is 5.15 Å². The number of benzene rings is 3. The SMILES string of the molecule is Cc1nn(-c2ccccc2)c(Cl)c1/C=N\NC(=O)c1cccc(S(=O)(=O)Nc2ccccc2Cl)c1. The number of carbonyl (C=O) groups is 1. The molecule has 0 aliphatic carbocycles. The highest BCUT2D eigenvalue weighted by Crippen LogP contribution is 2.24. The summed E-state index contributed by atoms with van der Waals surface area (Å²) >= 11 is 12.5. The number of anilines is 1. The van der Waals surface area contributed by atoms with E-state index in [0.29, 0.717) is 16.4 Å². The number of nitrogens with zero attached hydrogens (tertiary/aromatic N) is 3. The van der Waals surface area contributed by atoms with Crippen LogP contribution in [0, 0.1) is 6.92 Å². The van der Waals surface area contributed by atoms with Crippen molar-refractivity contribution in [1.82, 2.24) is 15.2 Å². The van der Waals surface area contributed by atoms with Crippen molar-refractivity contribution in [3.8, 4) is 5.69 Å². The Morgan fingerprint density at radius 3 is 2.46 bits per heavy atom. The molecule has 1 heterocycles. The van der Waals surface area contributed by atoms with Crippen LogP contribution < -0.4 is 10.1 Å². The lowest BCUT2D eigenvalue weighted by Crippen LogP contribution is -2.19. The van der Waals surface area contributed by atoms with Gasteiger partial charge in [-0.3, -0.25) is 9.52 Å². The van der Waals surface area contributed by atoms with E-state index in [2.05, 4.69) is 20.3 Å². The normalized spacial score (nSPS) is 11.5. The molecule has 0 aliphatic rings. The zero-order valence-corrected chi connectivity index (χ0v) is 20.6. The molecule has 0 saturated heterocycles. The number of hydrogen-bond donors (Lipinski definition) is 2. The van der Waals surface area contributed by atoms with Gasteiger partial charge in [-0.25, -0.2) is 18.5 Å². The Kier molecular flexibility index (Phi) is 7.20. The molecule has 1 aromatic heterocycles. The molecule has 178 valence electrons. The van der Waals surface area contributed by atoms with Crippen molar-refractivity contribution in [3.05, 3.63) is 106 Å². The van der Waals surface area contributed by atoms with Crippen molar-refractivity contribution in [2.24, 2.45) is 5.10 Å².